The first-order valence-corrected chi connectivity index (χ1v) is 9.30. The lowest BCUT2D eigenvalue weighted by Gasteiger charge is -2.26. The van der Waals surface area contributed by atoms with E-state index in [2.05, 4.69) is 20.5 Å². The third-order valence-corrected chi connectivity index (χ3v) is 4.73. The third kappa shape index (κ3) is 3.64. The van der Waals surface area contributed by atoms with Gasteiger partial charge in [-0.25, -0.2) is 9.37 Å². The van der Waals surface area contributed by atoms with E-state index in [0.717, 1.165) is 0 Å². The van der Waals surface area contributed by atoms with Gasteiger partial charge in [-0.3, -0.25) is 0 Å². The number of nitrogens with zero attached hydrogens (tertiary/aromatic N) is 4. The Balaban J connectivity index is 1.55. The average Bonchev–Trinajstić information content (AvgIpc) is 3.14. The number of phenolic OH excluding ortho intramolecular Hbond substituents is 1. The molecule has 148 valence electrons. The number of fused-ring (bicyclic) bond motifs is 1. The molecular weight excluding hydrogens is 361 g/mol. The van der Waals surface area contributed by atoms with Crippen molar-refractivity contribution in [3.05, 3.63) is 30.2 Å². The molecule has 7 nitrogen and oxygen atoms in total. The molecule has 0 amide bonds. The van der Waals surface area contributed by atoms with Gasteiger partial charge in [-0.05, 0) is 39.0 Å². The highest BCUT2D eigenvalue weighted by Crippen LogP contribution is 2.33. The first kappa shape index (κ1) is 18.6. The summed E-state index contributed by atoms with van der Waals surface area (Å²) in [5.74, 6) is 1.20. The van der Waals surface area contributed by atoms with E-state index >= 15 is 0 Å². The van der Waals surface area contributed by atoms with Crippen molar-refractivity contribution in [2.24, 2.45) is 0 Å². The fourth-order valence-electron chi connectivity index (χ4n) is 3.56. The Bertz CT molecular complexity index is 996. The summed E-state index contributed by atoms with van der Waals surface area (Å²) in [6, 6.07) is 6.56. The van der Waals surface area contributed by atoms with Crippen molar-refractivity contribution in [3.8, 4) is 17.0 Å². The van der Waals surface area contributed by atoms with Gasteiger partial charge in [0.25, 0.3) is 0 Å². The predicted molar refractivity (Wildman–Crippen MR) is 105 cm³/mol. The molecule has 1 fully saturated rings. The van der Waals surface area contributed by atoms with E-state index in [1.54, 1.807) is 31.2 Å². The van der Waals surface area contributed by atoms with E-state index in [0.29, 0.717) is 40.6 Å². The lowest BCUT2D eigenvalue weighted by Crippen LogP contribution is -2.48. The summed E-state index contributed by atoms with van der Waals surface area (Å²) in [6.45, 7) is 8.63. The fraction of sp³-hybridized carbons (Fsp3) is 0.450. The number of benzene rings is 1. The van der Waals surface area contributed by atoms with Crippen LogP contribution in [0.1, 0.15) is 26.7 Å². The minimum atomic E-state index is -0.971. The predicted octanol–water partition coefficient (Wildman–Crippen LogP) is 3.21. The van der Waals surface area contributed by atoms with Gasteiger partial charge >= 0.3 is 0 Å². The maximum atomic E-state index is 14.4. The van der Waals surface area contributed by atoms with Crippen molar-refractivity contribution in [1.29, 1.82) is 0 Å². The summed E-state index contributed by atoms with van der Waals surface area (Å²) in [5.41, 5.74) is 2.03. The molecule has 1 aliphatic rings. The van der Waals surface area contributed by atoms with Crippen LogP contribution in [-0.4, -0.2) is 51.1 Å². The third-order valence-electron chi connectivity index (χ3n) is 4.73. The molecule has 0 radical (unpaired) electrons. The van der Waals surface area contributed by atoms with Gasteiger partial charge in [-0.2, -0.15) is 0 Å². The maximum absolute atomic E-state index is 14.4. The summed E-state index contributed by atoms with van der Waals surface area (Å²) < 4.78 is 19.9. The monoisotopic (exact) mass is 385 g/mol. The van der Waals surface area contributed by atoms with E-state index in [1.165, 1.54) is 0 Å². The van der Waals surface area contributed by atoms with Crippen molar-refractivity contribution in [3.63, 3.8) is 0 Å². The summed E-state index contributed by atoms with van der Waals surface area (Å²) in [4.78, 5) is 6.09. The number of rotatable bonds is 3. The molecule has 28 heavy (non-hydrogen) atoms. The highest BCUT2D eigenvalue weighted by molar-refractivity contribution is 5.83. The summed E-state index contributed by atoms with van der Waals surface area (Å²) >= 11 is 0. The van der Waals surface area contributed by atoms with Gasteiger partial charge in [0.15, 0.2) is 17.3 Å². The van der Waals surface area contributed by atoms with Crippen molar-refractivity contribution in [2.45, 2.75) is 45.4 Å². The van der Waals surface area contributed by atoms with E-state index in [1.807, 2.05) is 25.7 Å². The number of aromatic hydroxyl groups is 1. The first-order valence-electron chi connectivity index (χ1n) is 9.30. The molecule has 3 heterocycles. The Morgan fingerprint density at radius 2 is 2.00 bits per heavy atom. The topological polar surface area (TPSA) is 87.3 Å². The van der Waals surface area contributed by atoms with Gasteiger partial charge in [0.05, 0.1) is 18.3 Å². The number of hydrogen-bond donors (Lipinski definition) is 2. The zero-order valence-electron chi connectivity index (χ0n) is 16.4. The van der Waals surface area contributed by atoms with Gasteiger partial charge in [0, 0.05) is 30.6 Å². The Labute approximate surface area is 162 Å². The second kappa shape index (κ2) is 6.70. The molecule has 0 spiro atoms. The zero-order chi connectivity index (χ0) is 20.1. The normalized spacial score (nSPS) is 20.2. The Hall–Kier alpha value is -2.74. The van der Waals surface area contributed by atoms with Crippen LogP contribution in [0.15, 0.2) is 28.7 Å². The van der Waals surface area contributed by atoms with Gasteiger partial charge in [0.2, 0.25) is 0 Å². The standard InChI is InChI=1S/C20H24FN5O2/c1-11-22-15-8-17(27)12(7-18(15)28-11)14-5-6-19(25-24-14)26-9-13(21)16(10-26)23-20(2,3)4/h5-8,13,16,23,27H,9-10H2,1-4H3/t13-,16+/m1/s1. The van der Waals surface area contributed by atoms with Crippen molar-refractivity contribution < 1.29 is 13.9 Å². The molecule has 2 atom stereocenters. The van der Waals surface area contributed by atoms with E-state index in [-0.39, 0.29) is 23.9 Å². The average molecular weight is 385 g/mol. The van der Waals surface area contributed by atoms with Crippen LogP contribution in [0.5, 0.6) is 5.75 Å². The van der Waals surface area contributed by atoms with Crippen LogP contribution >= 0.6 is 0 Å². The van der Waals surface area contributed by atoms with Gasteiger partial charge in [-0.15, -0.1) is 10.2 Å². The number of phenols is 1. The SMILES string of the molecule is Cc1nc2cc(O)c(-c3ccc(N4C[C@@H](F)[C@@H](NC(C)(C)C)C4)nn3)cc2o1. The lowest BCUT2D eigenvalue weighted by molar-refractivity contribution is 0.257. The molecule has 2 aromatic heterocycles. The van der Waals surface area contributed by atoms with E-state index in [4.69, 9.17) is 4.42 Å². The molecule has 0 bridgehead atoms. The minimum absolute atomic E-state index is 0.0577. The minimum Gasteiger partial charge on any atom is -0.507 e. The number of oxazole rings is 1. The van der Waals surface area contributed by atoms with Crippen LogP contribution in [0, 0.1) is 6.92 Å². The highest BCUT2D eigenvalue weighted by Gasteiger charge is 2.35. The molecule has 2 N–H and O–H groups in total. The largest absolute Gasteiger partial charge is 0.507 e. The number of aryl methyl sites for hydroxylation is 1. The van der Waals surface area contributed by atoms with Crippen molar-refractivity contribution in [2.75, 3.05) is 18.0 Å². The second-order valence-electron chi connectivity index (χ2n) is 8.27. The van der Waals surface area contributed by atoms with Crippen LogP contribution in [0.4, 0.5) is 10.2 Å². The Morgan fingerprint density at radius 1 is 1.21 bits per heavy atom. The van der Waals surface area contributed by atoms with Crippen LogP contribution in [-0.2, 0) is 0 Å². The molecule has 0 saturated carbocycles. The molecule has 1 aliphatic heterocycles. The highest BCUT2D eigenvalue weighted by atomic mass is 19.1. The first-order chi connectivity index (χ1) is 13.2. The van der Waals surface area contributed by atoms with Gasteiger partial charge in [-0.1, -0.05) is 0 Å². The number of halogens is 1. The number of anilines is 1. The molecule has 8 heteroatoms. The van der Waals surface area contributed by atoms with Crippen LogP contribution in [0.3, 0.4) is 0 Å². The fourth-order valence-corrected chi connectivity index (χ4v) is 3.56. The zero-order valence-corrected chi connectivity index (χ0v) is 16.4. The van der Waals surface area contributed by atoms with E-state index < -0.39 is 6.17 Å². The second-order valence-corrected chi connectivity index (χ2v) is 8.27. The number of nitrogens with one attached hydrogen (secondary N) is 1. The lowest BCUT2D eigenvalue weighted by atomic mass is 10.1. The molecule has 3 aromatic rings. The Kier molecular flexibility index (Phi) is 4.45. The number of alkyl halides is 1. The van der Waals surface area contributed by atoms with Crippen molar-refractivity contribution >= 4 is 16.9 Å². The van der Waals surface area contributed by atoms with Gasteiger partial charge in [0.1, 0.15) is 17.4 Å². The number of hydrogen-bond acceptors (Lipinski definition) is 7. The van der Waals surface area contributed by atoms with E-state index in [9.17, 15) is 9.50 Å². The molecule has 1 saturated heterocycles. The number of aromatic nitrogens is 3. The van der Waals surface area contributed by atoms with Crippen molar-refractivity contribution in [1.82, 2.24) is 20.5 Å². The quantitative estimate of drug-likeness (QED) is 0.716. The molecule has 0 aliphatic carbocycles. The van der Waals surface area contributed by atoms with Crippen LogP contribution in [0.25, 0.3) is 22.4 Å². The Morgan fingerprint density at radius 3 is 2.68 bits per heavy atom. The summed E-state index contributed by atoms with van der Waals surface area (Å²) in [7, 11) is 0. The van der Waals surface area contributed by atoms with Gasteiger partial charge < -0.3 is 19.7 Å². The molecular formula is C20H24FN5O2. The van der Waals surface area contributed by atoms with Crippen LogP contribution in [0.2, 0.25) is 0 Å². The molecule has 0 unspecified atom stereocenters. The summed E-state index contributed by atoms with van der Waals surface area (Å²) in [5, 5.41) is 22.1. The smallest absolute Gasteiger partial charge is 0.192 e. The molecule has 4 rings (SSSR count). The summed E-state index contributed by atoms with van der Waals surface area (Å²) in [6.07, 6.45) is -0.971. The maximum Gasteiger partial charge on any atom is 0.192 e. The molecule has 1 aromatic carbocycles. The van der Waals surface area contributed by atoms with Crippen LogP contribution < -0.4 is 10.2 Å².